The van der Waals surface area contributed by atoms with Gasteiger partial charge in [-0.05, 0) is 87.9 Å². The van der Waals surface area contributed by atoms with E-state index in [4.69, 9.17) is 4.74 Å². The predicted molar refractivity (Wildman–Crippen MR) is 173 cm³/mol. The molecule has 2 aromatic carbocycles. The molecule has 236 valence electrons. The molecule has 1 aliphatic carbocycles. The van der Waals surface area contributed by atoms with Crippen LogP contribution in [0.1, 0.15) is 69.3 Å². The molecule has 0 unspecified atom stereocenters. The van der Waals surface area contributed by atoms with Crippen LogP contribution in [0.4, 0.5) is 10.1 Å². The average Bonchev–Trinajstić information content (AvgIpc) is 3.67. The zero-order chi connectivity index (χ0) is 30.7. The molecule has 0 spiro atoms. The second-order valence-corrected chi connectivity index (χ2v) is 13.5. The van der Waals surface area contributed by atoms with Gasteiger partial charge in [0.25, 0.3) is 0 Å². The Bertz CT molecular complexity index is 1390. The van der Waals surface area contributed by atoms with Gasteiger partial charge in [-0.2, -0.15) is 0 Å². The second-order valence-electron chi connectivity index (χ2n) is 13.5. The Labute approximate surface area is 262 Å². The van der Waals surface area contributed by atoms with Crippen molar-refractivity contribution in [2.75, 3.05) is 37.6 Å². The number of carbonyl (C=O) groups excluding carboxylic acids is 1. The normalized spacial score (nSPS) is 23.0. The highest BCUT2D eigenvalue weighted by atomic mass is 19.1. The number of hydrogen-bond donors (Lipinski definition) is 0. The largest absolute Gasteiger partial charge is 0.462 e. The molecule has 1 saturated carbocycles. The van der Waals surface area contributed by atoms with E-state index in [1.54, 1.807) is 12.1 Å². The topological polar surface area (TPSA) is 50.6 Å². The van der Waals surface area contributed by atoms with Gasteiger partial charge in [0, 0.05) is 74.4 Å². The number of ether oxygens (including phenoxy) is 1. The number of halogens is 1. The number of aromatic nitrogens is 2. The minimum atomic E-state index is -0.368. The Morgan fingerprint density at radius 2 is 1.82 bits per heavy atom. The molecule has 2 aliphatic heterocycles. The van der Waals surface area contributed by atoms with Gasteiger partial charge in [0.2, 0.25) is 0 Å². The smallest absolute Gasteiger partial charge is 0.305 e. The van der Waals surface area contributed by atoms with Crippen LogP contribution in [-0.2, 0) is 27.9 Å². The summed E-state index contributed by atoms with van der Waals surface area (Å²) in [6, 6.07) is 16.2. The van der Waals surface area contributed by atoms with E-state index < -0.39 is 0 Å². The van der Waals surface area contributed by atoms with Crippen LogP contribution >= 0.6 is 0 Å². The molecule has 44 heavy (non-hydrogen) atoms. The summed E-state index contributed by atoms with van der Waals surface area (Å²) < 4.78 is 23.5. The SMILES string of the molecule is CCC(=O)O[C@H]1CCC[C@@H]1[C@@](Cn1ccnc1CC)(c1cccc(F)c1)C1CCN(CC2CN(c3ccc(C)cc3)C2)CC1. The Kier molecular flexibility index (Phi) is 9.41. The number of likely N-dealkylation sites (tertiary alicyclic amines) is 1. The standard InChI is InChI=1S/C37H49FN4O2/c1-4-35-39-18-21-41(35)26-37(30-8-6-9-31(38)22-30,33-10-7-11-34(33)44-36(43)5-2)29-16-19-40(20-17-29)23-28-24-42(25-28)32-14-12-27(3)13-15-32/h6,8-9,12-15,18,21-22,28-29,33-34H,4-5,7,10-11,16-17,19-20,23-26H2,1-3H3/t33-,34-,37+/m0/s1. The third-order valence-electron chi connectivity index (χ3n) is 10.8. The molecule has 6 nitrogen and oxygen atoms in total. The van der Waals surface area contributed by atoms with Crippen molar-refractivity contribution >= 4 is 11.7 Å². The van der Waals surface area contributed by atoms with Gasteiger partial charge in [0.1, 0.15) is 17.7 Å². The van der Waals surface area contributed by atoms with Crippen LogP contribution in [0.3, 0.4) is 0 Å². The first-order chi connectivity index (χ1) is 21.4. The van der Waals surface area contributed by atoms with Gasteiger partial charge in [0.15, 0.2) is 0 Å². The number of carbonyl (C=O) groups is 1. The summed E-state index contributed by atoms with van der Waals surface area (Å²) >= 11 is 0. The summed E-state index contributed by atoms with van der Waals surface area (Å²) in [7, 11) is 0. The van der Waals surface area contributed by atoms with Gasteiger partial charge in [-0.3, -0.25) is 4.79 Å². The van der Waals surface area contributed by atoms with Crippen molar-refractivity contribution in [3.05, 3.63) is 83.7 Å². The quantitative estimate of drug-likeness (QED) is 0.227. The monoisotopic (exact) mass is 600 g/mol. The minimum absolute atomic E-state index is 0.123. The van der Waals surface area contributed by atoms with Crippen LogP contribution in [0.15, 0.2) is 60.9 Å². The van der Waals surface area contributed by atoms with Gasteiger partial charge in [-0.1, -0.05) is 43.7 Å². The number of aryl methyl sites for hydroxylation is 2. The number of rotatable bonds is 11. The van der Waals surface area contributed by atoms with E-state index in [1.807, 2.05) is 19.2 Å². The molecule has 7 heteroatoms. The zero-order valence-corrected chi connectivity index (χ0v) is 26.8. The van der Waals surface area contributed by atoms with Crippen LogP contribution in [0, 0.1) is 30.5 Å². The average molecular weight is 601 g/mol. The molecule has 6 rings (SSSR count). The number of hydrogen-bond acceptors (Lipinski definition) is 5. The minimum Gasteiger partial charge on any atom is -0.462 e. The summed E-state index contributed by atoms with van der Waals surface area (Å²) in [5, 5.41) is 0. The molecule has 0 radical (unpaired) electrons. The van der Waals surface area contributed by atoms with Crippen molar-refractivity contribution < 1.29 is 13.9 Å². The van der Waals surface area contributed by atoms with E-state index in [9.17, 15) is 4.79 Å². The molecule has 2 saturated heterocycles. The predicted octanol–water partition coefficient (Wildman–Crippen LogP) is 6.80. The van der Waals surface area contributed by atoms with Crippen molar-refractivity contribution in [3.8, 4) is 0 Å². The summed E-state index contributed by atoms with van der Waals surface area (Å²) in [6.07, 6.45) is 9.99. The lowest BCUT2D eigenvalue weighted by molar-refractivity contribution is -0.152. The van der Waals surface area contributed by atoms with Gasteiger partial charge in [-0.25, -0.2) is 9.37 Å². The van der Waals surface area contributed by atoms with E-state index in [0.29, 0.717) is 18.3 Å². The maximum absolute atomic E-state index is 15.0. The lowest BCUT2D eigenvalue weighted by atomic mass is 9.58. The Balaban J connectivity index is 1.25. The van der Waals surface area contributed by atoms with E-state index in [-0.39, 0.29) is 29.2 Å². The number of nitrogens with zero attached hydrogens (tertiary/aromatic N) is 4. The highest BCUT2D eigenvalue weighted by molar-refractivity contribution is 5.69. The van der Waals surface area contributed by atoms with Crippen molar-refractivity contribution in [1.29, 1.82) is 0 Å². The van der Waals surface area contributed by atoms with Crippen molar-refractivity contribution in [3.63, 3.8) is 0 Å². The first-order valence-electron chi connectivity index (χ1n) is 16.9. The van der Waals surface area contributed by atoms with Crippen LogP contribution in [0.25, 0.3) is 0 Å². The van der Waals surface area contributed by atoms with Crippen molar-refractivity contribution in [2.45, 2.75) is 83.8 Å². The van der Waals surface area contributed by atoms with Crippen molar-refractivity contribution in [2.24, 2.45) is 17.8 Å². The van der Waals surface area contributed by atoms with E-state index >= 15 is 4.39 Å². The molecule has 1 aromatic heterocycles. The summed E-state index contributed by atoms with van der Waals surface area (Å²) in [6.45, 7) is 12.3. The number of benzene rings is 2. The summed E-state index contributed by atoms with van der Waals surface area (Å²) in [4.78, 5) is 22.4. The van der Waals surface area contributed by atoms with Gasteiger partial charge >= 0.3 is 5.97 Å². The van der Waals surface area contributed by atoms with E-state index in [0.717, 1.165) is 89.2 Å². The molecule has 3 aromatic rings. The van der Waals surface area contributed by atoms with E-state index in [1.165, 1.54) is 11.3 Å². The van der Waals surface area contributed by atoms with Crippen LogP contribution in [-0.4, -0.2) is 59.2 Å². The second kappa shape index (κ2) is 13.4. The van der Waals surface area contributed by atoms with Gasteiger partial charge in [0.05, 0.1) is 0 Å². The molecular formula is C37H49FN4O2. The number of piperidine rings is 1. The third kappa shape index (κ3) is 6.30. The van der Waals surface area contributed by atoms with Crippen LogP contribution < -0.4 is 4.90 Å². The Morgan fingerprint density at radius 1 is 1.05 bits per heavy atom. The highest BCUT2D eigenvalue weighted by Gasteiger charge is 2.53. The molecule has 3 aliphatic rings. The molecule has 0 amide bonds. The summed E-state index contributed by atoms with van der Waals surface area (Å²) in [5.74, 6) is 1.86. The number of esters is 1. The van der Waals surface area contributed by atoms with Crippen molar-refractivity contribution in [1.82, 2.24) is 14.5 Å². The fourth-order valence-electron chi connectivity index (χ4n) is 8.50. The number of anilines is 1. The molecule has 0 N–H and O–H groups in total. The zero-order valence-electron chi connectivity index (χ0n) is 26.8. The highest BCUT2D eigenvalue weighted by Crippen LogP contribution is 2.52. The molecule has 3 fully saturated rings. The lowest BCUT2D eigenvalue weighted by Gasteiger charge is -2.51. The molecular weight excluding hydrogens is 551 g/mol. The van der Waals surface area contributed by atoms with Crippen LogP contribution in [0.5, 0.6) is 0 Å². The van der Waals surface area contributed by atoms with Crippen LogP contribution in [0.2, 0.25) is 0 Å². The maximum atomic E-state index is 15.0. The molecule has 3 heterocycles. The maximum Gasteiger partial charge on any atom is 0.305 e. The first kappa shape index (κ1) is 30.8. The Hall–Kier alpha value is -3.19. The van der Waals surface area contributed by atoms with Gasteiger partial charge < -0.3 is 19.1 Å². The van der Waals surface area contributed by atoms with E-state index in [2.05, 4.69) is 69.7 Å². The van der Waals surface area contributed by atoms with Gasteiger partial charge in [-0.15, -0.1) is 0 Å². The molecule has 3 atom stereocenters. The molecule has 0 bridgehead atoms. The fraction of sp³-hybridized carbons (Fsp3) is 0.568. The lowest BCUT2D eigenvalue weighted by Crippen LogP contribution is -2.55. The summed E-state index contributed by atoms with van der Waals surface area (Å²) in [5.41, 5.74) is 3.30. The first-order valence-corrected chi connectivity index (χ1v) is 16.9. The fourth-order valence-corrected chi connectivity index (χ4v) is 8.50. The Morgan fingerprint density at radius 3 is 2.52 bits per heavy atom. The number of imidazole rings is 1. The third-order valence-corrected chi connectivity index (χ3v) is 10.8.